The number of nitrogens with one attached hydrogen (secondary N) is 1. The number of carbonyl (C=O) groups excluding carboxylic acids is 1. The highest BCUT2D eigenvalue weighted by Crippen LogP contribution is 2.69. The summed E-state index contributed by atoms with van der Waals surface area (Å²) < 4.78 is 28.9. The van der Waals surface area contributed by atoms with Crippen molar-refractivity contribution in [1.29, 1.82) is 0 Å². The summed E-state index contributed by atoms with van der Waals surface area (Å²) in [6.45, 7) is 3.60. The molecule has 2 heterocycles. The standard InChI is InChI=1S/C25H25F2N5O3/c1-24(2)15-6-7-25(24,20-11-28-10-19(30-20)23(35)29-9-13(34)12-33)22-14(15)8-18(31-32-22)21-16(26)4-3-5-17(21)27/h3-5,8,10-11,13,15,33-34H,6-7,9,12H2,1-2H3,(H,29,35)/t13?,15-,25-/m0/s1. The van der Waals surface area contributed by atoms with E-state index in [0.717, 1.165) is 12.0 Å². The molecule has 1 unspecified atom stereocenters. The van der Waals surface area contributed by atoms with Crippen molar-refractivity contribution in [2.24, 2.45) is 5.41 Å². The van der Waals surface area contributed by atoms with E-state index >= 15 is 0 Å². The van der Waals surface area contributed by atoms with Gasteiger partial charge in [0.25, 0.3) is 5.91 Å². The lowest BCUT2D eigenvalue weighted by atomic mass is 9.66. The smallest absolute Gasteiger partial charge is 0.271 e. The Kier molecular flexibility index (Phi) is 5.60. The lowest BCUT2D eigenvalue weighted by Crippen LogP contribution is -2.39. The van der Waals surface area contributed by atoms with Gasteiger partial charge in [0.1, 0.15) is 17.3 Å². The van der Waals surface area contributed by atoms with Crippen LogP contribution in [-0.4, -0.2) is 55.5 Å². The van der Waals surface area contributed by atoms with Crippen molar-refractivity contribution in [3.8, 4) is 11.3 Å². The number of rotatable bonds is 6. The molecule has 0 radical (unpaired) electrons. The van der Waals surface area contributed by atoms with Crippen LogP contribution >= 0.6 is 0 Å². The van der Waals surface area contributed by atoms with Crippen LogP contribution in [-0.2, 0) is 5.41 Å². The summed E-state index contributed by atoms with van der Waals surface area (Å²) in [5, 5.41) is 29.7. The average Bonchev–Trinajstić information content (AvgIpc) is 3.23. The Hall–Kier alpha value is -3.37. The van der Waals surface area contributed by atoms with Crippen molar-refractivity contribution >= 4 is 5.91 Å². The maximum Gasteiger partial charge on any atom is 0.271 e. The first-order valence-electron chi connectivity index (χ1n) is 11.4. The van der Waals surface area contributed by atoms with Crippen LogP contribution in [0.15, 0.2) is 36.7 Å². The van der Waals surface area contributed by atoms with Crippen LogP contribution in [0.25, 0.3) is 11.3 Å². The predicted molar refractivity (Wildman–Crippen MR) is 121 cm³/mol. The molecule has 0 aliphatic heterocycles. The molecule has 1 amide bonds. The quantitative estimate of drug-likeness (QED) is 0.495. The zero-order valence-corrected chi connectivity index (χ0v) is 19.3. The first-order valence-corrected chi connectivity index (χ1v) is 11.4. The van der Waals surface area contributed by atoms with E-state index in [4.69, 9.17) is 5.11 Å². The fourth-order valence-corrected chi connectivity index (χ4v) is 5.80. The van der Waals surface area contributed by atoms with E-state index in [1.54, 1.807) is 12.3 Å². The predicted octanol–water partition coefficient (Wildman–Crippen LogP) is 2.50. The van der Waals surface area contributed by atoms with Gasteiger partial charge in [-0.15, -0.1) is 5.10 Å². The molecule has 3 N–H and O–H groups in total. The Morgan fingerprint density at radius 1 is 1.23 bits per heavy atom. The summed E-state index contributed by atoms with van der Waals surface area (Å²) in [4.78, 5) is 21.5. The number of aliphatic hydroxyl groups is 2. The van der Waals surface area contributed by atoms with Crippen LogP contribution in [0.3, 0.4) is 0 Å². The number of halogens is 2. The topological polar surface area (TPSA) is 121 Å². The largest absolute Gasteiger partial charge is 0.394 e. The van der Waals surface area contributed by atoms with Crippen LogP contribution in [0.5, 0.6) is 0 Å². The van der Waals surface area contributed by atoms with E-state index in [0.29, 0.717) is 17.8 Å². The molecule has 0 spiro atoms. The number of nitrogens with zero attached hydrogens (tertiary/aromatic N) is 4. The zero-order chi connectivity index (χ0) is 25.0. The number of fused-ring (bicyclic) bond motifs is 5. The third-order valence-electron chi connectivity index (χ3n) is 7.61. The normalized spacial score (nSPS) is 22.6. The molecule has 5 rings (SSSR count). The lowest BCUT2D eigenvalue weighted by Gasteiger charge is -2.37. The lowest BCUT2D eigenvalue weighted by molar-refractivity contribution is 0.0798. The molecule has 1 saturated carbocycles. The van der Waals surface area contributed by atoms with Crippen LogP contribution in [0.4, 0.5) is 8.78 Å². The Labute approximate surface area is 200 Å². The maximum atomic E-state index is 14.4. The van der Waals surface area contributed by atoms with Crippen LogP contribution in [0, 0.1) is 17.0 Å². The Bertz CT molecular complexity index is 1300. The average molecular weight is 482 g/mol. The van der Waals surface area contributed by atoms with Gasteiger partial charge in [0.15, 0.2) is 0 Å². The monoisotopic (exact) mass is 481 g/mol. The van der Waals surface area contributed by atoms with Crippen molar-refractivity contribution < 1.29 is 23.8 Å². The SMILES string of the molecule is CC1(C)[C@H]2CC[C@]1(c1cncc(C(=O)NCC(O)CO)n1)c1nnc(-c3c(F)cccc3F)cc12. The Balaban J connectivity index is 1.57. The van der Waals surface area contributed by atoms with Crippen LogP contribution in [0.2, 0.25) is 0 Å². The first-order chi connectivity index (χ1) is 16.7. The molecule has 182 valence electrons. The Morgan fingerprint density at radius 2 is 1.97 bits per heavy atom. The fraction of sp³-hybridized carbons (Fsp3) is 0.400. The molecule has 2 aliphatic rings. The number of carbonyl (C=O) groups is 1. The van der Waals surface area contributed by atoms with Gasteiger partial charge in [0, 0.05) is 12.7 Å². The summed E-state index contributed by atoms with van der Waals surface area (Å²) in [6, 6.07) is 5.41. The highest BCUT2D eigenvalue weighted by molar-refractivity contribution is 5.92. The molecule has 3 aromatic rings. The van der Waals surface area contributed by atoms with E-state index in [9.17, 15) is 18.7 Å². The minimum atomic E-state index is -1.08. The second kappa shape index (κ2) is 8.39. The van der Waals surface area contributed by atoms with Gasteiger partial charge in [-0.25, -0.2) is 13.8 Å². The van der Waals surface area contributed by atoms with Crippen molar-refractivity contribution in [3.05, 3.63) is 70.9 Å². The van der Waals surface area contributed by atoms with Crippen LogP contribution in [0.1, 0.15) is 60.0 Å². The molecule has 1 aromatic carbocycles. The summed E-state index contributed by atoms with van der Waals surface area (Å²) in [6.07, 6.45) is 3.40. The molecule has 2 aliphatic carbocycles. The van der Waals surface area contributed by atoms with Crippen molar-refractivity contribution in [1.82, 2.24) is 25.5 Å². The third kappa shape index (κ3) is 3.42. The van der Waals surface area contributed by atoms with Gasteiger partial charge in [-0.05, 0) is 47.9 Å². The fourth-order valence-electron chi connectivity index (χ4n) is 5.80. The number of hydrogen-bond acceptors (Lipinski definition) is 7. The molecule has 2 bridgehead atoms. The summed E-state index contributed by atoms with van der Waals surface area (Å²) >= 11 is 0. The molecule has 0 saturated heterocycles. The maximum absolute atomic E-state index is 14.4. The van der Waals surface area contributed by atoms with Gasteiger partial charge < -0.3 is 15.5 Å². The number of aliphatic hydroxyl groups excluding tert-OH is 2. The molecule has 1 fully saturated rings. The van der Waals surface area contributed by atoms with Crippen molar-refractivity contribution in [3.63, 3.8) is 0 Å². The van der Waals surface area contributed by atoms with Gasteiger partial charge in [0.2, 0.25) is 0 Å². The minimum absolute atomic E-state index is 0.0561. The molecule has 8 nitrogen and oxygen atoms in total. The summed E-state index contributed by atoms with van der Waals surface area (Å²) in [5.74, 6) is -1.87. The zero-order valence-electron chi connectivity index (χ0n) is 19.3. The van der Waals surface area contributed by atoms with Gasteiger partial charge >= 0.3 is 0 Å². The van der Waals surface area contributed by atoms with Gasteiger partial charge in [-0.1, -0.05) is 19.9 Å². The Morgan fingerprint density at radius 3 is 2.69 bits per heavy atom. The number of benzene rings is 1. The van der Waals surface area contributed by atoms with Crippen LogP contribution < -0.4 is 5.32 Å². The van der Waals surface area contributed by atoms with E-state index < -0.39 is 35.7 Å². The van der Waals surface area contributed by atoms with Gasteiger partial charge in [0.05, 0.1) is 47.0 Å². The van der Waals surface area contributed by atoms with E-state index in [2.05, 4.69) is 39.3 Å². The summed E-state index contributed by atoms with van der Waals surface area (Å²) in [5.41, 5.74) is 1.08. The van der Waals surface area contributed by atoms with Crippen molar-refractivity contribution in [2.75, 3.05) is 13.2 Å². The summed E-state index contributed by atoms with van der Waals surface area (Å²) in [7, 11) is 0. The molecule has 3 atom stereocenters. The van der Waals surface area contributed by atoms with E-state index in [-0.39, 0.29) is 34.8 Å². The van der Waals surface area contributed by atoms with E-state index in [1.807, 2.05) is 0 Å². The van der Waals surface area contributed by atoms with E-state index in [1.165, 1.54) is 24.4 Å². The first kappa shape index (κ1) is 23.4. The molecular weight excluding hydrogens is 456 g/mol. The molecule has 2 aromatic heterocycles. The molecule has 10 heteroatoms. The van der Waals surface area contributed by atoms with Crippen molar-refractivity contribution in [2.45, 2.75) is 44.1 Å². The second-order valence-electron chi connectivity index (χ2n) is 9.68. The third-order valence-corrected chi connectivity index (χ3v) is 7.61. The molecular formula is C25H25F2N5O3. The number of amides is 1. The van der Waals surface area contributed by atoms with Gasteiger partial charge in [-0.3, -0.25) is 9.78 Å². The molecule has 35 heavy (non-hydrogen) atoms. The highest BCUT2D eigenvalue weighted by Gasteiger charge is 2.65. The number of aromatic nitrogens is 4. The highest BCUT2D eigenvalue weighted by atomic mass is 19.1. The van der Waals surface area contributed by atoms with Gasteiger partial charge in [-0.2, -0.15) is 5.10 Å². The number of hydrogen-bond donors (Lipinski definition) is 3. The minimum Gasteiger partial charge on any atom is -0.394 e. The second-order valence-corrected chi connectivity index (χ2v) is 9.68.